The lowest BCUT2D eigenvalue weighted by Gasteiger charge is -2.02. The normalized spacial score (nSPS) is 12.6. The average Bonchev–Trinajstić information content (AvgIpc) is 1.97. The Morgan fingerprint density at radius 2 is 2.08 bits per heavy atom. The first-order valence-electron chi connectivity index (χ1n) is 2.52. The van der Waals surface area contributed by atoms with E-state index >= 15 is 0 Å². The molecule has 0 spiro atoms. The Morgan fingerprint density at radius 1 is 1.58 bits per heavy atom. The molecular weight excluding hydrogens is 201 g/mol. The summed E-state index contributed by atoms with van der Waals surface area (Å²) in [5.74, 6) is 0. The number of alkyl halides is 3. The number of hydrazone groups is 1. The Kier molecular flexibility index (Phi) is 3.81. The van der Waals surface area contributed by atoms with Crippen LogP contribution in [-0.2, 0) is 4.74 Å². The van der Waals surface area contributed by atoms with Gasteiger partial charge in [0.05, 0.1) is 7.11 Å². The molecule has 0 aliphatic rings. The molecule has 0 aromatic carbocycles. The molecule has 4 nitrogen and oxygen atoms in total. The number of hydrogen-bond donors (Lipinski definition) is 1. The summed E-state index contributed by atoms with van der Waals surface area (Å²) < 4.78 is 38.6. The van der Waals surface area contributed by atoms with Crippen LogP contribution in [0.5, 0.6) is 0 Å². The number of carbonyl (C=O) groups is 1. The number of amides is 1. The van der Waals surface area contributed by atoms with Gasteiger partial charge in [0, 0.05) is 0 Å². The van der Waals surface area contributed by atoms with Gasteiger partial charge in [0.2, 0.25) is 5.17 Å². The number of carbonyl (C=O) groups excluding carboxylic acids is 1. The fourth-order valence-electron chi connectivity index (χ4n) is 0.204. The van der Waals surface area contributed by atoms with Crippen molar-refractivity contribution in [3.05, 3.63) is 0 Å². The minimum Gasteiger partial charge on any atom is -0.452 e. The molecule has 1 N–H and O–H groups in total. The zero-order valence-corrected chi connectivity index (χ0v) is 6.53. The third kappa shape index (κ3) is 4.02. The summed E-state index contributed by atoms with van der Waals surface area (Å²) in [6.45, 7) is 0. The van der Waals surface area contributed by atoms with Crippen LogP contribution >= 0.6 is 11.6 Å². The highest BCUT2D eigenvalue weighted by molar-refractivity contribution is 6.66. The van der Waals surface area contributed by atoms with Crippen molar-refractivity contribution in [3.63, 3.8) is 0 Å². The van der Waals surface area contributed by atoms with E-state index in [1.165, 1.54) is 5.43 Å². The Labute approximate surface area is 70.3 Å². The molecule has 1 amide bonds. The van der Waals surface area contributed by atoms with Crippen LogP contribution in [0.25, 0.3) is 0 Å². The van der Waals surface area contributed by atoms with Gasteiger partial charge in [0.15, 0.2) is 0 Å². The molecule has 0 atom stereocenters. The minimum atomic E-state index is -4.76. The highest BCUT2D eigenvalue weighted by Crippen LogP contribution is 2.18. The van der Waals surface area contributed by atoms with Crippen LogP contribution in [0.4, 0.5) is 18.0 Å². The van der Waals surface area contributed by atoms with Crippen molar-refractivity contribution >= 4 is 22.9 Å². The molecule has 0 radical (unpaired) electrons. The number of nitrogens with one attached hydrogen (secondary N) is 1. The molecular formula is C4H4ClF3N2O2. The number of ether oxygens (including phenoxy) is 1. The van der Waals surface area contributed by atoms with Crippen LogP contribution in [-0.4, -0.2) is 24.6 Å². The lowest BCUT2D eigenvalue weighted by atomic mass is 10.7. The topological polar surface area (TPSA) is 50.7 Å². The Bertz CT molecular complexity index is 203. The highest BCUT2D eigenvalue weighted by atomic mass is 35.5. The van der Waals surface area contributed by atoms with Crippen LogP contribution in [0.3, 0.4) is 0 Å². The summed E-state index contributed by atoms with van der Waals surface area (Å²) in [5, 5.41) is 0.825. The SMILES string of the molecule is COC(=O)N/N=C(\Cl)C(F)(F)F. The van der Waals surface area contributed by atoms with Crippen molar-refractivity contribution in [3.8, 4) is 0 Å². The van der Waals surface area contributed by atoms with E-state index in [1.807, 2.05) is 0 Å². The molecule has 0 fully saturated rings. The van der Waals surface area contributed by atoms with Crippen LogP contribution in [0.1, 0.15) is 0 Å². The van der Waals surface area contributed by atoms with Crippen LogP contribution in [0.15, 0.2) is 5.10 Å². The summed E-state index contributed by atoms with van der Waals surface area (Å²) in [5.41, 5.74) is 1.41. The Balaban J connectivity index is 4.11. The smallest absolute Gasteiger partial charge is 0.446 e. The van der Waals surface area contributed by atoms with Gasteiger partial charge in [-0.3, -0.25) is 0 Å². The van der Waals surface area contributed by atoms with Gasteiger partial charge in [0.1, 0.15) is 0 Å². The largest absolute Gasteiger partial charge is 0.452 e. The molecule has 0 aromatic heterocycles. The van der Waals surface area contributed by atoms with Crippen LogP contribution in [0, 0.1) is 0 Å². The molecule has 0 saturated carbocycles. The molecule has 0 aliphatic carbocycles. The Hall–Kier alpha value is -0.980. The van der Waals surface area contributed by atoms with E-state index < -0.39 is 17.4 Å². The van der Waals surface area contributed by atoms with E-state index in [0.29, 0.717) is 0 Å². The zero-order valence-electron chi connectivity index (χ0n) is 5.78. The van der Waals surface area contributed by atoms with Gasteiger partial charge < -0.3 is 4.74 Å². The second-order valence-electron chi connectivity index (χ2n) is 1.50. The summed E-state index contributed by atoms with van der Waals surface area (Å²) in [6.07, 6.45) is -5.89. The van der Waals surface area contributed by atoms with E-state index in [0.717, 1.165) is 7.11 Å². The zero-order chi connectivity index (χ0) is 9.78. The summed E-state index contributed by atoms with van der Waals surface area (Å²) in [4.78, 5) is 10.2. The van der Waals surface area contributed by atoms with Crippen molar-refractivity contribution in [1.82, 2.24) is 5.43 Å². The summed E-state index contributed by atoms with van der Waals surface area (Å²) >= 11 is 4.61. The molecule has 8 heteroatoms. The van der Waals surface area contributed by atoms with E-state index in [9.17, 15) is 18.0 Å². The molecule has 70 valence electrons. The predicted molar refractivity (Wildman–Crippen MR) is 34.9 cm³/mol. The van der Waals surface area contributed by atoms with Gasteiger partial charge in [-0.2, -0.15) is 18.3 Å². The van der Waals surface area contributed by atoms with Gasteiger partial charge >= 0.3 is 12.3 Å². The maximum absolute atomic E-state index is 11.5. The number of hydrogen-bond acceptors (Lipinski definition) is 3. The maximum atomic E-state index is 11.5. The number of rotatable bonds is 1. The quantitative estimate of drug-likeness (QED) is 0.519. The van der Waals surface area contributed by atoms with Crippen molar-refractivity contribution in [2.45, 2.75) is 6.18 Å². The molecule has 0 saturated heterocycles. The molecule has 0 rings (SSSR count). The molecule has 12 heavy (non-hydrogen) atoms. The first kappa shape index (κ1) is 11.0. The van der Waals surface area contributed by atoms with Gasteiger partial charge in [-0.25, -0.2) is 10.2 Å². The standard InChI is InChI=1S/C4H4ClF3N2O2/c1-12-3(11)10-9-2(5)4(6,7)8/h1H3,(H,10,11)/b9-2-. The number of methoxy groups -OCH3 is 1. The number of nitrogens with zero attached hydrogens (tertiary/aromatic N) is 1. The molecule has 0 unspecified atom stereocenters. The first-order chi connectivity index (χ1) is 5.38. The first-order valence-corrected chi connectivity index (χ1v) is 2.90. The molecule has 0 aliphatic heterocycles. The monoisotopic (exact) mass is 204 g/mol. The predicted octanol–water partition coefficient (Wildman–Crippen LogP) is 1.46. The summed E-state index contributed by atoms with van der Waals surface area (Å²) in [7, 11) is 0.979. The molecule has 0 bridgehead atoms. The maximum Gasteiger partial charge on any atom is 0.446 e. The van der Waals surface area contributed by atoms with Crippen molar-refractivity contribution in [2.24, 2.45) is 5.10 Å². The van der Waals surface area contributed by atoms with Crippen molar-refractivity contribution in [1.29, 1.82) is 0 Å². The highest BCUT2D eigenvalue weighted by Gasteiger charge is 2.34. The Morgan fingerprint density at radius 3 is 2.42 bits per heavy atom. The van der Waals surface area contributed by atoms with E-state index in [2.05, 4.69) is 21.4 Å². The lowest BCUT2D eigenvalue weighted by Crippen LogP contribution is -2.24. The third-order valence-electron chi connectivity index (χ3n) is 0.665. The molecule has 0 heterocycles. The van der Waals surface area contributed by atoms with Crippen molar-refractivity contribution in [2.75, 3.05) is 7.11 Å². The average molecular weight is 205 g/mol. The second-order valence-corrected chi connectivity index (χ2v) is 1.86. The van der Waals surface area contributed by atoms with Gasteiger partial charge in [-0.1, -0.05) is 11.6 Å². The van der Waals surface area contributed by atoms with Crippen LogP contribution in [0.2, 0.25) is 0 Å². The van der Waals surface area contributed by atoms with Gasteiger partial charge in [-0.05, 0) is 0 Å². The van der Waals surface area contributed by atoms with E-state index in [1.54, 1.807) is 0 Å². The van der Waals surface area contributed by atoms with Crippen LogP contribution < -0.4 is 5.43 Å². The van der Waals surface area contributed by atoms with Gasteiger partial charge in [0.25, 0.3) is 0 Å². The van der Waals surface area contributed by atoms with Crippen molar-refractivity contribution < 1.29 is 22.7 Å². The number of halogens is 4. The van der Waals surface area contributed by atoms with E-state index in [-0.39, 0.29) is 0 Å². The summed E-state index contributed by atoms with van der Waals surface area (Å²) in [6, 6.07) is 0. The molecule has 0 aromatic rings. The fraction of sp³-hybridized carbons (Fsp3) is 0.500. The lowest BCUT2D eigenvalue weighted by molar-refractivity contribution is -0.0562. The third-order valence-corrected chi connectivity index (χ3v) is 0.963. The second kappa shape index (κ2) is 4.15. The van der Waals surface area contributed by atoms with E-state index in [4.69, 9.17) is 0 Å². The fourth-order valence-corrected chi connectivity index (χ4v) is 0.246. The van der Waals surface area contributed by atoms with Gasteiger partial charge in [-0.15, -0.1) is 0 Å². The minimum absolute atomic E-state index is 0.979.